The van der Waals surface area contributed by atoms with Crippen LogP contribution in [0.2, 0.25) is 0 Å². The third kappa shape index (κ3) is 7.03. The van der Waals surface area contributed by atoms with Crippen molar-refractivity contribution in [3.63, 3.8) is 0 Å². The molecule has 180 valence electrons. The molecule has 1 aromatic heterocycles. The number of carbonyl (C=O) groups is 1. The van der Waals surface area contributed by atoms with Gasteiger partial charge in [-0.2, -0.15) is 0 Å². The lowest BCUT2D eigenvalue weighted by molar-refractivity contribution is -0.118. The molecule has 0 fully saturated rings. The summed E-state index contributed by atoms with van der Waals surface area (Å²) in [6.45, 7) is 3.75. The molecule has 1 N–H and O–H groups in total. The molecule has 0 atom stereocenters. The Morgan fingerprint density at radius 3 is 2.11 bits per heavy atom. The van der Waals surface area contributed by atoms with E-state index in [1.807, 2.05) is 42.5 Å². The Balaban J connectivity index is 1.32. The lowest BCUT2D eigenvalue weighted by atomic mass is 10.0. The summed E-state index contributed by atoms with van der Waals surface area (Å²) < 4.78 is 2.32. The van der Waals surface area contributed by atoms with Crippen molar-refractivity contribution in [2.45, 2.75) is 36.4 Å². The molecular weight excluding hydrogens is 470 g/mol. The molecule has 4 aromatic rings. The molecule has 0 unspecified atom stereocenters. The molecule has 3 aromatic carbocycles. The summed E-state index contributed by atoms with van der Waals surface area (Å²) in [4.78, 5) is 18.3. The van der Waals surface area contributed by atoms with E-state index in [1.165, 1.54) is 11.3 Å². The highest BCUT2D eigenvalue weighted by Crippen LogP contribution is 2.36. The lowest BCUT2D eigenvalue weighted by Gasteiger charge is -2.11. The number of carbonyl (C=O) groups excluding carboxylic acids is 1. The molecule has 1 heterocycles. The number of benzene rings is 3. The zero-order valence-electron chi connectivity index (χ0n) is 20.0. The summed E-state index contributed by atoms with van der Waals surface area (Å²) in [6, 6.07) is 31.0. The number of amides is 1. The highest BCUT2D eigenvalue weighted by Gasteiger charge is 2.19. The second kappa shape index (κ2) is 13.2. The number of hydrogen-bond acceptors (Lipinski definition) is 4. The SMILES string of the molecule is CCn1c(SCCCCNC(=O)CSc2ccccc2)nc(-c2ccccc2)c1-c1ccccc1. The van der Waals surface area contributed by atoms with Gasteiger partial charge in [-0.15, -0.1) is 11.8 Å². The largest absolute Gasteiger partial charge is 0.355 e. The van der Waals surface area contributed by atoms with Crippen LogP contribution in [-0.2, 0) is 11.3 Å². The summed E-state index contributed by atoms with van der Waals surface area (Å²) >= 11 is 3.37. The Morgan fingerprint density at radius 1 is 0.829 bits per heavy atom. The zero-order valence-corrected chi connectivity index (χ0v) is 21.7. The fraction of sp³-hybridized carbons (Fsp3) is 0.241. The predicted molar refractivity (Wildman–Crippen MR) is 149 cm³/mol. The molecule has 0 spiro atoms. The second-order valence-corrected chi connectivity index (χ2v) is 10.2. The number of rotatable bonds is 12. The standard InChI is InChI=1S/C29H31N3OS2/c1-2-32-28(24-16-8-4-9-17-24)27(23-14-6-3-7-15-23)31-29(32)34-21-13-12-20-30-26(33)22-35-25-18-10-5-11-19-25/h3-11,14-19H,2,12-13,20-22H2,1H3,(H,30,33). The number of thioether (sulfide) groups is 2. The van der Waals surface area contributed by atoms with Gasteiger partial charge in [-0.3, -0.25) is 4.79 Å². The summed E-state index contributed by atoms with van der Waals surface area (Å²) in [5.41, 5.74) is 4.52. The average Bonchev–Trinajstić information content (AvgIpc) is 3.29. The van der Waals surface area contributed by atoms with E-state index in [0.717, 1.165) is 46.4 Å². The predicted octanol–water partition coefficient (Wildman–Crippen LogP) is 7.02. The van der Waals surface area contributed by atoms with Crippen LogP contribution in [0.4, 0.5) is 0 Å². The summed E-state index contributed by atoms with van der Waals surface area (Å²) in [7, 11) is 0. The third-order valence-electron chi connectivity index (χ3n) is 5.58. The van der Waals surface area contributed by atoms with Gasteiger partial charge in [0.15, 0.2) is 5.16 Å². The fourth-order valence-electron chi connectivity index (χ4n) is 3.86. The van der Waals surface area contributed by atoms with Gasteiger partial charge in [-0.05, 0) is 31.9 Å². The minimum Gasteiger partial charge on any atom is -0.355 e. The first-order valence-corrected chi connectivity index (χ1v) is 14.0. The Bertz CT molecular complexity index is 1190. The van der Waals surface area contributed by atoms with Crippen molar-refractivity contribution in [2.75, 3.05) is 18.1 Å². The minimum absolute atomic E-state index is 0.0908. The third-order valence-corrected chi connectivity index (χ3v) is 7.66. The van der Waals surface area contributed by atoms with Crippen LogP contribution in [0.3, 0.4) is 0 Å². The van der Waals surface area contributed by atoms with Crippen LogP contribution in [0.25, 0.3) is 22.5 Å². The van der Waals surface area contributed by atoms with Crippen molar-refractivity contribution < 1.29 is 4.79 Å². The van der Waals surface area contributed by atoms with E-state index in [4.69, 9.17) is 4.98 Å². The minimum atomic E-state index is 0.0908. The number of hydrogen-bond donors (Lipinski definition) is 1. The second-order valence-electron chi connectivity index (χ2n) is 8.08. The van der Waals surface area contributed by atoms with Crippen molar-refractivity contribution in [1.29, 1.82) is 0 Å². The van der Waals surface area contributed by atoms with Gasteiger partial charge >= 0.3 is 0 Å². The van der Waals surface area contributed by atoms with E-state index in [1.54, 1.807) is 23.5 Å². The van der Waals surface area contributed by atoms with Crippen LogP contribution in [0, 0.1) is 0 Å². The number of unbranched alkanes of at least 4 members (excludes halogenated alkanes) is 1. The van der Waals surface area contributed by atoms with Gasteiger partial charge in [-0.25, -0.2) is 4.98 Å². The highest BCUT2D eigenvalue weighted by molar-refractivity contribution is 8.00. The van der Waals surface area contributed by atoms with Crippen molar-refractivity contribution in [3.8, 4) is 22.5 Å². The van der Waals surface area contributed by atoms with E-state index >= 15 is 0 Å². The van der Waals surface area contributed by atoms with Crippen molar-refractivity contribution in [2.24, 2.45) is 0 Å². The Labute approximate surface area is 216 Å². The van der Waals surface area contributed by atoms with Crippen LogP contribution in [0.1, 0.15) is 19.8 Å². The molecule has 0 saturated heterocycles. The molecule has 0 aliphatic rings. The van der Waals surface area contributed by atoms with Crippen LogP contribution in [0.5, 0.6) is 0 Å². The maximum absolute atomic E-state index is 12.1. The quantitative estimate of drug-likeness (QED) is 0.167. The maximum Gasteiger partial charge on any atom is 0.230 e. The molecule has 35 heavy (non-hydrogen) atoms. The highest BCUT2D eigenvalue weighted by atomic mass is 32.2. The maximum atomic E-state index is 12.1. The van der Waals surface area contributed by atoms with Gasteiger partial charge in [0.1, 0.15) is 0 Å². The molecule has 0 aliphatic carbocycles. The monoisotopic (exact) mass is 501 g/mol. The van der Waals surface area contributed by atoms with Crippen LogP contribution >= 0.6 is 23.5 Å². The summed E-state index contributed by atoms with van der Waals surface area (Å²) in [5, 5.41) is 4.09. The smallest absolute Gasteiger partial charge is 0.230 e. The summed E-state index contributed by atoms with van der Waals surface area (Å²) in [6.07, 6.45) is 1.98. The van der Waals surface area contributed by atoms with E-state index in [0.29, 0.717) is 12.3 Å². The molecule has 4 nitrogen and oxygen atoms in total. The number of nitrogens with zero attached hydrogens (tertiary/aromatic N) is 2. The van der Waals surface area contributed by atoms with Gasteiger partial charge in [0.05, 0.1) is 17.1 Å². The van der Waals surface area contributed by atoms with Gasteiger partial charge in [0.25, 0.3) is 0 Å². The van der Waals surface area contributed by atoms with Gasteiger partial charge in [-0.1, -0.05) is 90.6 Å². The van der Waals surface area contributed by atoms with Crippen LogP contribution in [-0.4, -0.2) is 33.5 Å². The van der Waals surface area contributed by atoms with E-state index in [2.05, 4.69) is 65.3 Å². The number of nitrogens with one attached hydrogen (secondary N) is 1. The molecule has 4 rings (SSSR count). The normalized spacial score (nSPS) is 10.9. The van der Waals surface area contributed by atoms with Crippen molar-refractivity contribution in [1.82, 2.24) is 14.9 Å². The first-order chi connectivity index (χ1) is 17.3. The Hall–Kier alpha value is -2.96. The van der Waals surface area contributed by atoms with E-state index in [9.17, 15) is 4.79 Å². The summed E-state index contributed by atoms with van der Waals surface area (Å²) in [5.74, 6) is 1.51. The Morgan fingerprint density at radius 2 is 1.46 bits per heavy atom. The van der Waals surface area contributed by atoms with Crippen LogP contribution < -0.4 is 5.32 Å². The van der Waals surface area contributed by atoms with Gasteiger partial charge < -0.3 is 9.88 Å². The first kappa shape index (κ1) is 25.1. The Kier molecular flexibility index (Phi) is 9.49. The molecule has 0 radical (unpaired) electrons. The van der Waals surface area contributed by atoms with Crippen molar-refractivity contribution in [3.05, 3.63) is 91.0 Å². The van der Waals surface area contributed by atoms with Gasteiger partial charge in [0.2, 0.25) is 5.91 Å². The molecule has 0 saturated carbocycles. The molecule has 1 amide bonds. The zero-order chi connectivity index (χ0) is 24.3. The topological polar surface area (TPSA) is 46.9 Å². The van der Waals surface area contributed by atoms with Gasteiger partial charge in [0, 0.05) is 34.9 Å². The first-order valence-electron chi connectivity index (χ1n) is 12.0. The fourth-order valence-corrected chi connectivity index (χ4v) is 5.67. The van der Waals surface area contributed by atoms with Crippen LogP contribution in [0.15, 0.2) is 101 Å². The molecular formula is C29H31N3OS2. The molecule has 6 heteroatoms. The molecule has 0 bridgehead atoms. The average molecular weight is 502 g/mol. The number of imidazole rings is 1. The van der Waals surface area contributed by atoms with E-state index < -0.39 is 0 Å². The molecule has 0 aliphatic heterocycles. The number of aromatic nitrogens is 2. The van der Waals surface area contributed by atoms with E-state index in [-0.39, 0.29) is 5.91 Å². The lowest BCUT2D eigenvalue weighted by Crippen LogP contribution is -2.26. The van der Waals surface area contributed by atoms with Crippen molar-refractivity contribution >= 4 is 29.4 Å².